The van der Waals surface area contributed by atoms with E-state index >= 15 is 0 Å². The summed E-state index contributed by atoms with van der Waals surface area (Å²) in [5, 5.41) is 0. The Bertz CT molecular complexity index is 379. The molecule has 1 heterocycles. The van der Waals surface area contributed by atoms with Gasteiger partial charge in [0, 0.05) is 6.04 Å². The summed E-state index contributed by atoms with van der Waals surface area (Å²) in [7, 11) is 1.94. The monoisotopic (exact) mass is 197 g/mol. The highest BCUT2D eigenvalue weighted by atomic mass is 32.2. The van der Waals surface area contributed by atoms with Crippen LogP contribution in [0.4, 0.5) is 0 Å². The second kappa shape index (κ2) is 2.99. The van der Waals surface area contributed by atoms with E-state index < -0.39 is 10.0 Å². The van der Waals surface area contributed by atoms with Crippen LogP contribution < -0.4 is 0 Å². The first-order valence-electron chi connectivity index (χ1n) is 3.96. The van der Waals surface area contributed by atoms with Gasteiger partial charge in [-0.05, 0) is 26.3 Å². The number of rotatable bonds is 0. The van der Waals surface area contributed by atoms with E-state index in [0.29, 0.717) is 0 Å². The highest BCUT2D eigenvalue weighted by Gasteiger charge is 2.39. The van der Waals surface area contributed by atoms with E-state index in [4.69, 9.17) is 7.98 Å². The Labute approximate surface area is 80.6 Å². The number of nitrogens with zero attached hydrogens (tertiary/aromatic N) is 1. The summed E-state index contributed by atoms with van der Waals surface area (Å²) in [5.41, 5.74) is 1.66. The van der Waals surface area contributed by atoms with Crippen molar-refractivity contribution < 1.29 is 8.42 Å². The van der Waals surface area contributed by atoms with Gasteiger partial charge in [-0.2, -0.15) is 0 Å². The van der Waals surface area contributed by atoms with Gasteiger partial charge in [-0.15, -0.1) is 0 Å². The van der Waals surface area contributed by atoms with Crippen LogP contribution in [0.1, 0.15) is 20.8 Å². The lowest BCUT2D eigenvalue weighted by Gasteiger charge is -2.13. The minimum Gasteiger partial charge on any atom is -0.245 e. The van der Waals surface area contributed by atoms with E-state index in [2.05, 4.69) is 6.58 Å². The molecule has 0 bridgehead atoms. The molecule has 2 radical (unpaired) electrons. The van der Waals surface area contributed by atoms with E-state index in [1.807, 2.05) is 13.8 Å². The first-order valence-corrected chi connectivity index (χ1v) is 5.40. The first kappa shape index (κ1) is 10.5. The lowest BCUT2D eigenvalue weighted by atomic mass is 10.0. The highest BCUT2D eigenvalue weighted by Crippen LogP contribution is 2.34. The van der Waals surface area contributed by atoms with Gasteiger partial charge in [0.05, 0.1) is 4.91 Å². The van der Waals surface area contributed by atoms with Gasteiger partial charge in [-0.1, -0.05) is 12.2 Å². The Balaban J connectivity index is 3.40. The Hall–Kier alpha value is -0.545. The van der Waals surface area contributed by atoms with Gasteiger partial charge in [-0.25, -0.2) is 12.6 Å². The molecule has 5 heteroatoms. The van der Waals surface area contributed by atoms with Crippen LogP contribution in [-0.4, -0.2) is 26.7 Å². The molecule has 0 aromatic rings. The predicted molar refractivity (Wildman–Crippen MR) is 53.5 cm³/mol. The molecule has 1 aliphatic heterocycles. The third-order valence-corrected chi connectivity index (χ3v) is 3.94. The third-order valence-electron chi connectivity index (χ3n) is 2.23. The van der Waals surface area contributed by atoms with Crippen molar-refractivity contribution in [3.63, 3.8) is 0 Å². The van der Waals surface area contributed by atoms with Gasteiger partial charge >= 0.3 is 0 Å². The van der Waals surface area contributed by atoms with E-state index in [0.717, 1.165) is 15.4 Å². The molecule has 1 saturated heterocycles. The zero-order valence-electron chi connectivity index (χ0n) is 8.03. The molecular formula is C8H12BNO2S. The van der Waals surface area contributed by atoms with Gasteiger partial charge in [0.1, 0.15) is 0 Å². The Kier molecular flexibility index (Phi) is 2.43. The van der Waals surface area contributed by atoms with Crippen molar-refractivity contribution in [1.29, 1.82) is 0 Å². The molecule has 0 N–H and O–H groups in total. The van der Waals surface area contributed by atoms with Crippen LogP contribution in [0.25, 0.3) is 0 Å². The van der Waals surface area contributed by atoms with E-state index in [9.17, 15) is 8.42 Å². The lowest BCUT2D eigenvalue weighted by Crippen LogP contribution is -2.28. The van der Waals surface area contributed by atoms with Crippen molar-refractivity contribution in [2.24, 2.45) is 0 Å². The largest absolute Gasteiger partial charge is 0.245 e. The van der Waals surface area contributed by atoms with Gasteiger partial charge in [0.15, 0.2) is 0 Å². The predicted octanol–water partition coefficient (Wildman–Crippen LogP) is 0.954. The van der Waals surface area contributed by atoms with Crippen molar-refractivity contribution in [2.75, 3.05) is 0 Å². The van der Waals surface area contributed by atoms with Crippen LogP contribution in [0.15, 0.2) is 22.6 Å². The van der Waals surface area contributed by atoms with Crippen LogP contribution >= 0.6 is 0 Å². The molecule has 0 saturated carbocycles. The summed E-state index contributed by atoms with van der Waals surface area (Å²) in [4.78, 5) is 0.127. The molecule has 0 aromatic carbocycles. The average Bonchev–Trinajstić information content (AvgIpc) is 2.14. The van der Waals surface area contributed by atoms with Crippen molar-refractivity contribution in [3.8, 4) is 0 Å². The number of sulfonamides is 1. The lowest BCUT2D eigenvalue weighted by molar-refractivity contribution is 0.532. The summed E-state index contributed by atoms with van der Waals surface area (Å²) in [6.45, 7) is 9.00. The SMILES string of the molecule is [B]N1C(C)C(=C(C)C)C(=C)S1(=O)=O. The van der Waals surface area contributed by atoms with Gasteiger partial charge in [-0.3, -0.25) is 0 Å². The molecule has 0 amide bonds. The fourth-order valence-electron chi connectivity index (χ4n) is 1.53. The summed E-state index contributed by atoms with van der Waals surface area (Å²) >= 11 is 0. The number of hydrogen-bond acceptors (Lipinski definition) is 2. The fourth-order valence-corrected chi connectivity index (χ4v) is 2.96. The van der Waals surface area contributed by atoms with Gasteiger partial charge in [0.25, 0.3) is 0 Å². The Morgan fingerprint density at radius 2 is 2.00 bits per heavy atom. The molecule has 1 atom stereocenters. The van der Waals surface area contributed by atoms with E-state index in [-0.39, 0.29) is 10.9 Å². The molecule has 3 nitrogen and oxygen atoms in total. The fraction of sp³-hybridized carbons (Fsp3) is 0.500. The zero-order valence-corrected chi connectivity index (χ0v) is 8.85. The number of allylic oxidation sites excluding steroid dienone is 1. The summed E-state index contributed by atoms with van der Waals surface area (Å²) in [5.74, 6) is 0. The first-order chi connectivity index (χ1) is 5.80. The topological polar surface area (TPSA) is 37.4 Å². The van der Waals surface area contributed by atoms with Gasteiger partial charge in [0.2, 0.25) is 18.0 Å². The van der Waals surface area contributed by atoms with E-state index in [1.54, 1.807) is 6.92 Å². The molecule has 70 valence electrons. The quantitative estimate of drug-likeness (QED) is 0.542. The van der Waals surface area contributed by atoms with Crippen molar-refractivity contribution in [2.45, 2.75) is 26.8 Å². The summed E-state index contributed by atoms with van der Waals surface area (Å²) in [6, 6.07) is -0.303. The maximum Gasteiger partial charge on any atom is 0.232 e. The van der Waals surface area contributed by atoms with Crippen molar-refractivity contribution in [3.05, 3.63) is 22.6 Å². The maximum absolute atomic E-state index is 11.5. The molecule has 0 spiro atoms. The minimum absolute atomic E-state index is 0.127. The second-order valence-electron chi connectivity index (χ2n) is 3.35. The average molecular weight is 197 g/mol. The molecule has 1 aliphatic rings. The zero-order chi connectivity index (χ0) is 10.4. The molecular weight excluding hydrogens is 185 g/mol. The third kappa shape index (κ3) is 1.36. The molecule has 1 rings (SSSR count). The highest BCUT2D eigenvalue weighted by molar-refractivity contribution is 7.94. The van der Waals surface area contributed by atoms with Crippen LogP contribution in [-0.2, 0) is 10.0 Å². The molecule has 0 aliphatic carbocycles. The summed E-state index contributed by atoms with van der Waals surface area (Å²) in [6.07, 6.45) is 0. The maximum atomic E-state index is 11.5. The van der Waals surface area contributed by atoms with Crippen LogP contribution in [0.2, 0.25) is 0 Å². The smallest absolute Gasteiger partial charge is 0.232 e. The van der Waals surface area contributed by atoms with Crippen LogP contribution in [0.5, 0.6) is 0 Å². The molecule has 13 heavy (non-hydrogen) atoms. The van der Waals surface area contributed by atoms with Crippen LogP contribution in [0, 0.1) is 0 Å². The van der Waals surface area contributed by atoms with E-state index in [1.165, 1.54) is 0 Å². The second-order valence-corrected chi connectivity index (χ2v) is 5.21. The minimum atomic E-state index is -3.49. The van der Waals surface area contributed by atoms with Gasteiger partial charge < -0.3 is 0 Å². The molecule has 0 aromatic heterocycles. The standard InChI is InChI=1S/C8H12BNO2S/c1-5(2)8-6(3)10(9)13(11,12)7(8)4/h6H,4H2,1-3H3. The van der Waals surface area contributed by atoms with Crippen molar-refractivity contribution >= 4 is 18.0 Å². The Morgan fingerprint density at radius 3 is 2.15 bits per heavy atom. The van der Waals surface area contributed by atoms with Crippen molar-refractivity contribution in [1.82, 2.24) is 4.22 Å². The molecule has 1 unspecified atom stereocenters. The number of hydrogen-bond donors (Lipinski definition) is 0. The van der Waals surface area contributed by atoms with Crippen LogP contribution in [0.3, 0.4) is 0 Å². The molecule has 1 fully saturated rings. The Morgan fingerprint density at radius 1 is 1.54 bits per heavy atom. The summed E-state index contributed by atoms with van der Waals surface area (Å²) < 4.78 is 23.8. The normalized spacial score (nSPS) is 28.1.